The molecule has 1 heterocycles. The molecule has 0 saturated carbocycles. The maximum Gasteiger partial charge on any atom is 0.341 e. The van der Waals surface area contributed by atoms with E-state index in [1.54, 1.807) is 19.1 Å². The number of likely N-dealkylation sites (tertiary alicyclic amines) is 1. The molecule has 0 aliphatic carbocycles. The fourth-order valence-electron chi connectivity index (χ4n) is 3.98. The number of benzene rings is 1. The zero-order valence-corrected chi connectivity index (χ0v) is 16.9. The van der Waals surface area contributed by atoms with Gasteiger partial charge in [-0.05, 0) is 61.9 Å². The van der Waals surface area contributed by atoms with Gasteiger partial charge in [0.05, 0.1) is 6.61 Å². The lowest BCUT2D eigenvalue weighted by atomic mass is 9.68. The predicted molar refractivity (Wildman–Crippen MR) is 106 cm³/mol. The van der Waals surface area contributed by atoms with Crippen molar-refractivity contribution in [2.75, 3.05) is 26.2 Å². The van der Waals surface area contributed by atoms with Crippen molar-refractivity contribution in [1.82, 2.24) is 4.90 Å². The second-order valence-corrected chi connectivity index (χ2v) is 7.88. The lowest BCUT2D eigenvalue weighted by Gasteiger charge is -2.45. The van der Waals surface area contributed by atoms with Gasteiger partial charge in [-0.15, -0.1) is 0 Å². The maximum absolute atomic E-state index is 11.9. The van der Waals surface area contributed by atoms with E-state index in [1.807, 2.05) is 6.07 Å². The highest BCUT2D eigenvalue weighted by molar-refractivity contribution is 5.92. The van der Waals surface area contributed by atoms with Gasteiger partial charge in [0.25, 0.3) is 0 Å². The molecule has 4 heteroatoms. The van der Waals surface area contributed by atoms with Crippen LogP contribution in [0.25, 0.3) is 0 Å². The molecular formula is C22H35NO3. The number of ether oxygens (including phenoxy) is 1. The first-order valence-corrected chi connectivity index (χ1v) is 10.1. The summed E-state index contributed by atoms with van der Waals surface area (Å²) >= 11 is 0. The summed E-state index contributed by atoms with van der Waals surface area (Å²) in [4.78, 5) is 14.5. The van der Waals surface area contributed by atoms with Gasteiger partial charge in [-0.2, -0.15) is 0 Å². The SMILES string of the molecule is CCCCCCN1CCC(C)(c2ccc(C(=O)OCC)c(O)c2)C(C)C1. The minimum absolute atomic E-state index is 0.0184. The van der Waals surface area contributed by atoms with E-state index in [9.17, 15) is 9.90 Å². The van der Waals surface area contributed by atoms with Crippen LogP contribution in [0.2, 0.25) is 0 Å². The van der Waals surface area contributed by atoms with Crippen LogP contribution in [0.15, 0.2) is 18.2 Å². The standard InChI is InChI=1S/C22H35NO3/c1-5-7-8-9-13-23-14-12-22(4,17(3)16-23)18-10-11-19(20(24)15-18)21(25)26-6-2/h10-11,15,17,24H,5-9,12-14,16H2,1-4H3. The summed E-state index contributed by atoms with van der Waals surface area (Å²) in [6, 6.07) is 5.46. The Bertz CT molecular complexity index is 601. The molecule has 146 valence electrons. The van der Waals surface area contributed by atoms with Crippen molar-refractivity contribution >= 4 is 5.97 Å². The number of piperidine rings is 1. The highest BCUT2D eigenvalue weighted by Gasteiger charge is 2.38. The molecule has 1 fully saturated rings. The van der Waals surface area contributed by atoms with Crippen LogP contribution in [0.3, 0.4) is 0 Å². The molecule has 0 amide bonds. The predicted octanol–water partition coefficient (Wildman–Crippen LogP) is 4.75. The van der Waals surface area contributed by atoms with E-state index in [-0.39, 0.29) is 16.7 Å². The number of hydrogen-bond donors (Lipinski definition) is 1. The van der Waals surface area contributed by atoms with E-state index >= 15 is 0 Å². The van der Waals surface area contributed by atoms with E-state index in [0.29, 0.717) is 12.5 Å². The normalized spacial score (nSPS) is 23.8. The zero-order valence-electron chi connectivity index (χ0n) is 16.9. The third-order valence-electron chi connectivity index (χ3n) is 6.05. The third-order valence-corrected chi connectivity index (χ3v) is 6.05. The largest absolute Gasteiger partial charge is 0.507 e. The highest BCUT2D eigenvalue weighted by atomic mass is 16.5. The van der Waals surface area contributed by atoms with E-state index in [0.717, 1.165) is 25.1 Å². The molecule has 1 N–H and O–H groups in total. The number of nitrogens with zero attached hydrogens (tertiary/aromatic N) is 1. The van der Waals surface area contributed by atoms with Crippen molar-refractivity contribution in [2.24, 2.45) is 5.92 Å². The zero-order chi connectivity index (χ0) is 19.2. The Morgan fingerprint density at radius 3 is 2.69 bits per heavy atom. The fraction of sp³-hybridized carbons (Fsp3) is 0.682. The number of esters is 1. The molecule has 26 heavy (non-hydrogen) atoms. The summed E-state index contributed by atoms with van der Waals surface area (Å²) in [6.07, 6.45) is 6.28. The van der Waals surface area contributed by atoms with E-state index in [1.165, 1.54) is 32.2 Å². The van der Waals surface area contributed by atoms with Crippen LogP contribution in [-0.4, -0.2) is 42.2 Å². The Labute approximate surface area is 158 Å². The Hall–Kier alpha value is -1.55. The third kappa shape index (κ3) is 4.79. The van der Waals surface area contributed by atoms with E-state index in [4.69, 9.17) is 4.74 Å². The Morgan fingerprint density at radius 1 is 1.31 bits per heavy atom. The molecule has 0 radical (unpaired) electrons. The average molecular weight is 362 g/mol. The Morgan fingerprint density at radius 2 is 2.08 bits per heavy atom. The quantitative estimate of drug-likeness (QED) is 0.536. The topological polar surface area (TPSA) is 49.8 Å². The smallest absolute Gasteiger partial charge is 0.341 e. The van der Waals surface area contributed by atoms with Gasteiger partial charge in [0, 0.05) is 6.54 Å². The fourth-order valence-corrected chi connectivity index (χ4v) is 3.98. The molecule has 0 aromatic heterocycles. The summed E-state index contributed by atoms with van der Waals surface area (Å²) in [5, 5.41) is 10.3. The number of phenols is 1. The van der Waals surface area contributed by atoms with Crippen LogP contribution in [0.1, 0.15) is 75.7 Å². The van der Waals surface area contributed by atoms with Gasteiger partial charge in [-0.25, -0.2) is 4.79 Å². The van der Waals surface area contributed by atoms with Crippen molar-refractivity contribution in [3.8, 4) is 5.75 Å². The molecule has 1 aromatic carbocycles. The molecule has 2 atom stereocenters. The molecule has 0 spiro atoms. The molecule has 1 aromatic rings. The van der Waals surface area contributed by atoms with Crippen LogP contribution in [0.5, 0.6) is 5.75 Å². The van der Waals surface area contributed by atoms with Crippen LogP contribution in [-0.2, 0) is 10.2 Å². The molecule has 0 bridgehead atoms. The maximum atomic E-state index is 11.9. The first-order valence-electron chi connectivity index (χ1n) is 10.1. The lowest BCUT2D eigenvalue weighted by Crippen LogP contribution is -2.47. The molecule has 1 aliphatic heterocycles. The van der Waals surface area contributed by atoms with Crippen LogP contribution in [0, 0.1) is 5.92 Å². The summed E-state index contributed by atoms with van der Waals surface area (Å²) in [5.41, 5.74) is 1.38. The van der Waals surface area contributed by atoms with Crippen LogP contribution >= 0.6 is 0 Å². The molecule has 2 rings (SSSR count). The van der Waals surface area contributed by atoms with Gasteiger partial charge in [0.15, 0.2) is 0 Å². The molecular weight excluding hydrogens is 326 g/mol. The van der Waals surface area contributed by atoms with Gasteiger partial charge in [-0.3, -0.25) is 0 Å². The number of hydrogen-bond acceptors (Lipinski definition) is 4. The van der Waals surface area contributed by atoms with Gasteiger partial charge >= 0.3 is 5.97 Å². The summed E-state index contributed by atoms with van der Waals surface area (Å²) in [5.74, 6) is 0.0586. The van der Waals surface area contributed by atoms with Crippen LogP contribution < -0.4 is 0 Å². The van der Waals surface area contributed by atoms with E-state index in [2.05, 4.69) is 25.7 Å². The van der Waals surface area contributed by atoms with Gasteiger partial charge in [0.2, 0.25) is 0 Å². The number of carbonyl (C=O) groups is 1. The number of phenolic OH excluding ortho intramolecular Hbond substituents is 1. The number of unbranched alkanes of at least 4 members (excludes halogenated alkanes) is 3. The number of rotatable bonds is 8. The minimum atomic E-state index is -0.461. The van der Waals surface area contributed by atoms with Gasteiger partial charge < -0.3 is 14.7 Å². The number of carbonyl (C=O) groups excluding carboxylic acids is 1. The van der Waals surface area contributed by atoms with Crippen molar-refractivity contribution in [3.05, 3.63) is 29.3 Å². The van der Waals surface area contributed by atoms with Crippen molar-refractivity contribution < 1.29 is 14.6 Å². The first kappa shape index (κ1) is 20.8. The van der Waals surface area contributed by atoms with Crippen molar-refractivity contribution in [1.29, 1.82) is 0 Å². The summed E-state index contributed by atoms with van der Waals surface area (Å²) in [7, 11) is 0. The average Bonchev–Trinajstić information content (AvgIpc) is 2.62. The van der Waals surface area contributed by atoms with Gasteiger partial charge in [-0.1, -0.05) is 46.1 Å². The van der Waals surface area contributed by atoms with Crippen LogP contribution in [0.4, 0.5) is 0 Å². The van der Waals surface area contributed by atoms with E-state index < -0.39 is 5.97 Å². The van der Waals surface area contributed by atoms with Gasteiger partial charge in [0.1, 0.15) is 11.3 Å². The summed E-state index contributed by atoms with van der Waals surface area (Å²) < 4.78 is 5.00. The Balaban J connectivity index is 2.04. The molecule has 1 aliphatic rings. The lowest BCUT2D eigenvalue weighted by molar-refractivity contribution is 0.0523. The summed E-state index contributed by atoms with van der Waals surface area (Å²) in [6.45, 7) is 12.3. The molecule has 2 unspecified atom stereocenters. The molecule has 1 saturated heterocycles. The monoisotopic (exact) mass is 361 g/mol. The minimum Gasteiger partial charge on any atom is -0.507 e. The second kappa shape index (κ2) is 9.40. The second-order valence-electron chi connectivity index (χ2n) is 7.88. The highest BCUT2D eigenvalue weighted by Crippen LogP contribution is 2.41. The molecule has 4 nitrogen and oxygen atoms in total. The number of aromatic hydroxyl groups is 1. The first-order chi connectivity index (χ1) is 12.4. The van der Waals surface area contributed by atoms with Crippen molar-refractivity contribution in [3.63, 3.8) is 0 Å². The van der Waals surface area contributed by atoms with Crippen molar-refractivity contribution in [2.45, 2.75) is 65.2 Å². The Kier molecular flexibility index (Phi) is 7.51.